The molecular weight excluding hydrogens is 415 g/mol. The number of alkyl halides is 1. The molecule has 1 amide bonds. The number of nitrogens with one attached hydrogen (secondary N) is 1. The number of carbonyl (C=O) groups is 1. The first-order chi connectivity index (χ1) is 15.6. The molecule has 1 aliphatic rings. The van der Waals surface area contributed by atoms with Crippen LogP contribution in [0.5, 0.6) is 6.01 Å². The van der Waals surface area contributed by atoms with Gasteiger partial charge >= 0.3 is 6.01 Å². The van der Waals surface area contributed by atoms with Crippen molar-refractivity contribution in [3.63, 3.8) is 0 Å². The third-order valence-corrected chi connectivity index (χ3v) is 4.97. The summed E-state index contributed by atoms with van der Waals surface area (Å²) in [6.45, 7) is 3.79. The van der Waals surface area contributed by atoms with Crippen LogP contribution >= 0.6 is 0 Å². The van der Waals surface area contributed by atoms with E-state index in [1.54, 1.807) is 12.4 Å². The van der Waals surface area contributed by atoms with Gasteiger partial charge in [0.2, 0.25) is 0 Å². The van der Waals surface area contributed by atoms with Gasteiger partial charge in [-0.15, -0.1) is 0 Å². The van der Waals surface area contributed by atoms with Crippen LogP contribution in [0, 0.1) is 0 Å². The summed E-state index contributed by atoms with van der Waals surface area (Å²) in [5.74, 6) is 1.60. The van der Waals surface area contributed by atoms with E-state index in [0.717, 1.165) is 31.3 Å². The van der Waals surface area contributed by atoms with Crippen molar-refractivity contribution in [1.82, 2.24) is 24.9 Å². The summed E-state index contributed by atoms with van der Waals surface area (Å²) in [7, 11) is 0. The first-order valence-corrected chi connectivity index (χ1v) is 10.2. The lowest BCUT2D eigenvalue weighted by molar-refractivity contribution is 0.102. The van der Waals surface area contributed by atoms with Crippen molar-refractivity contribution >= 4 is 23.4 Å². The Labute approximate surface area is 184 Å². The zero-order valence-corrected chi connectivity index (χ0v) is 17.6. The molecule has 1 atom stereocenters. The second-order valence-electron chi connectivity index (χ2n) is 7.18. The summed E-state index contributed by atoms with van der Waals surface area (Å²) in [6.07, 6.45) is 7.57. The van der Waals surface area contributed by atoms with Crippen LogP contribution in [0.25, 0.3) is 0 Å². The molecule has 0 aromatic carbocycles. The van der Waals surface area contributed by atoms with Gasteiger partial charge in [0.05, 0.1) is 18.0 Å². The van der Waals surface area contributed by atoms with Gasteiger partial charge in [-0.25, -0.2) is 29.3 Å². The van der Waals surface area contributed by atoms with E-state index in [-0.39, 0.29) is 24.2 Å². The fourth-order valence-electron chi connectivity index (χ4n) is 3.41. The van der Waals surface area contributed by atoms with Gasteiger partial charge in [0.15, 0.2) is 5.82 Å². The standard InChI is InChI=1S/C21H23FN8O2/c1-15-14-29(18-4-2-3-6-23-18)7-8-30(15)19-13-24-17(12-25-19)28-20(31)16-10-26-21(27-11-16)32-9-5-22/h2-4,6,10-13,15H,5,7-9,14H2,1H3,(H,24,28,31)/t15-/m0/s1. The molecule has 1 fully saturated rings. The first-order valence-electron chi connectivity index (χ1n) is 10.2. The average Bonchev–Trinajstić information content (AvgIpc) is 2.84. The molecule has 1 saturated heterocycles. The van der Waals surface area contributed by atoms with Crippen molar-refractivity contribution < 1.29 is 13.9 Å². The van der Waals surface area contributed by atoms with E-state index in [0.29, 0.717) is 5.82 Å². The quantitative estimate of drug-likeness (QED) is 0.592. The third kappa shape index (κ3) is 5.05. The van der Waals surface area contributed by atoms with E-state index in [1.807, 2.05) is 18.2 Å². The van der Waals surface area contributed by atoms with Crippen LogP contribution in [0.3, 0.4) is 0 Å². The van der Waals surface area contributed by atoms with Gasteiger partial charge in [-0.05, 0) is 19.1 Å². The molecule has 3 aromatic rings. The summed E-state index contributed by atoms with van der Waals surface area (Å²) in [5, 5.41) is 2.66. The Morgan fingerprint density at radius 3 is 2.59 bits per heavy atom. The number of hydrogen-bond donors (Lipinski definition) is 1. The number of pyridine rings is 1. The molecule has 3 aromatic heterocycles. The van der Waals surface area contributed by atoms with Gasteiger partial charge in [0, 0.05) is 44.3 Å². The number of halogens is 1. The van der Waals surface area contributed by atoms with Crippen LogP contribution in [0.4, 0.5) is 21.8 Å². The maximum absolute atomic E-state index is 12.4. The predicted molar refractivity (Wildman–Crippen MR) is 117 cm³/mol. The van der Waals surface area contributed by atoms with Crippen molar-refractivity contribution in [3.05, 3.63) is 54.7 Å². The van der Waals surface area contributed by atoms with E-state index >= 15 is 0 Å². The molecule has 32 heavy (non-hydrogen) atoms. The van der Waals surface area contributed by atoms with E-state index in [4.69, 9.17) is 4.74 Å². The van der Waals surface area contributed by atoms with Gasteiger partial charge in [-0.2, -0.15) is 0 Å². The number of rotatable bonds is 7. The minimum atomic E-state index is -0.640. The Kier molecular flexibility index (Phi) is 6.63. The Morgan fingerprint density at radius 2 is 1.94 bits per heavy atom. The molecule has 0 saturated carbocycles. The lowest BCUT2D eigenvalue weighted by atomic mass is 10.2. The normalized spacial score (nSPS) is 16.0. The molecule has 1 aliphatic heterocycles. The topological polar surface area (TPSA) is 109 Å². The average molecular weight is 438 g/mol. The Bertz CT molecular complexity index is 1020. The van der Waals surface area contributed by atoms with Crippen molar-refractivity contribution in [2.45, 2.75) is 13.0 Å². The molecule has 166 valence electrons. The highest BCUT2D eigenvalue weighted by Gasteiger charge is 2.25. The number of carbonyl (C=O) groups excluding carboxylic acids is 1. The van der Waals surface area contributed by atoms with Gasteiger partial charge in [-0.1, -0.05) is 6.07 Å². The molecule has 4 heterocycles. The number of aromatic nitrogens is 5. The van der Waals surface area contributed by atoms with Gasteiger partial charge in [-0.3, -0.25) is 4.79 Å². The van der Waals surface area contributed by atoms with E-state index < -0.39 is 12.6 Å². The summed E-state index contributed by atoms with van der Waals surface area (Å²) in [5.41, 5.74) is 0.225. The number of nitrogens with zero attached hydrogens (tertiary/aromatic N) is 7. The number of ether oxygens (including phenoxy) is 1. The van der Waals surface area contributed by atoms with E-state index in [2.05, 4.69) is 47.0 Å². The fourth-order valence-corrected chi connectivity index (χ4v) is 3.41. The van der Waals surface area contributed by atoms with Crippen molar-refractivity contribution in [2.75, 3.05) is 48.0 Å². The number of hydrogen-bond acceptors (Lipinski definition) is 9. The number of anilines is 3. The molecule has 1 N–H and O–H groups in total. The maximum Gasteiger partial charge on any atom is 0.316 e. The highest BCUT2D eigenvalue weighted by Crippen LogP contribution is 2.21. The first kappa shape index (κ1) is 21.3. The highest BCUT2D eigenvalue weighted by atomic mass is 19.1. The molecule has 0 unspecified atom stereocenters. The minimum absolute atomic E-state index is 0.0145. The highest BCUT2D eigenvalue weighted by molar-refractivity contribution is 6.03. The summed E-state index contributed by atoms with van der Waals surface area (Å²) in [6, 6.07) is 6.13. The molecule has 10 nitrogen and oxygen atoms in total. The van der Waals surface area contributed by atoms with Gasteiger partial charge < -0.3 is 19.9 Å². The van der Waals surface area contributed by atoms with Gasteiger partial charge in [0.25, 0.3) is 5.91 Å². The van der Waals surface area contributed by atoms with Crippen molar-refractivity contribution in [3.8, 4) is 6.01 Å². The summed E-state index contributed by atoms with van der Waals surface area (Å²) >= 11 is 0. The zero-order valence-electron chi connectivity index (χ0n) is 17.6. The predicted octanol–water partition coefficient (Wildman–Crippen LogP) is 1.98. The monoisotopic (exact) mass is 438 g/mol. The second kappa shape index (κ2) is 9.94. The SMILES string of the molecule is C[C@H]1CN(c2ccccn2)CCN1c1cnc(NC(=O)c2cnc(OCCF)nc2)cn1. The van der Waals surface area contributed by atoms with Crippen LogP contribution in [0.1, 0.15) is 17.3 Å². The molecule has 11 heteroatoms. The minimum Gasteiger partial charge on any atom is -0.461 e. The van der Waals surface area contributed by atoms with E-state index in [9.17, 15) is 9.18 Å². The van der Waals surface area contributed by atoms with Crippen molar-refractivity contribution in [1.29, 1.82) is 0 Å². The Morgan fingerprint density at radius 1 is 1.09 bits per heavy atom. The van der Waals surface area contributed by atoms with Crippen LogP contribution < -0.4 is 19.9 Å². The fraction of sp³-hybridized carbons (Fsp3) is 0.333. The lowest BCUT2D eigenvalue weighted by Crippen LogP contribution is -2.52. The largest absolute Gasteiger partial charge is 0.461 e. The van der Waals surface area contributed by atoms with Crippen LogP contribution in [0.2, 0.25) is 0 Å². The molecule has 0 spiro atoms. The lowest BCUT2D eigenvalue weighted by Gasteiger charge is -2.40. The van der Waals surface area contributed by atoms with Crippen molar-refractivity contribution in [2.24, 2.45) is 0 Å². The number of amides is 1. The molecular formula is C21H23FN8O2. The third-order valence-electron chi connectivity index (χ3n) is 4.97. The van der Waals surface area contributed by atoms with E-state index in [1.165, 1.54) is 18.6 Å². The smallest absolute Gasteiger partial charge is 0.316 e. The Hall–Kier alpha value is -3.89. The van der Waals surface area contributed by atoms with Crippen LogP contribution in [-0.2, 0) is 0 Å². The molecule has 0 radical (unpaired) electrons. The van der Waals surface area contributed by atoms with Gasteiger partial charge in [0.1, 0.15) is 24.9 Å². The maximum atomic E-state index is 12.4. The Balaban J connectivity index is 1.34. The van der Waals surface area contributed by atoms with Crippen LogP contribution in [0.15, 0.2) is 49.2 Å². The summed E-state index contributed by atoms with van der Waals surface area (Å²) in [4.78, 5) is 37.8. The molecule has 0 aliphatic carbocycles. The number of piperazine rings is 1. The summed E-state index contributed by atoms with van der Waals surface area (Å²) < 4.78 is 17.1. The molecule has 0 bridgehead atoms. The second-order valence-corrected chi connectivity index (χ2v) is 7.18. The van der Waals surface area contributed by atoms with Crippen LogP contribution in [-0.4, -0.2) is 69.8 Å². The zero-order chi connectivity index (χ0) is 22.3. The molecule has 4 rings (SSSR count).